The maximum absolute atomic E-state index is 11.8. The first kappa shape index (κ1) is 12.5. The number of aryl methyl sites for hydroxylation is 1. The highest BCUT2D eigenvalue weighted by molar-refractivity contribution is 5.97. The van der Waals surface area contributed by atoms with Crippen molar-refractivity contribution in [3.63, 3.8) is 0 Å². The molecular weight excluding hydrogens is 206 g/mol. The Morgan fingerprint density at radius 3 is 2.81 bits per heavy atom. The minimum absolute atomic E-state index is 0.0835. The second kappa shape index (κ2) is 5.51. The van der Waals surface area contributed by atoms with E-state index >= 15 is 0 Å². The van der Waals surface area contributed by atoms with E-state index in [9.17, 15) is 4.79 Å². The summed E-state index contributed by atoms with van der Waals surface area (Å²) in [4.78, 5) is 11.8. The van der Waals surface area contributed by atoms with Gasteiger partial charge in [-0.2, -0.15) is 0 Å². The fraction of sp³-hybridized carbons (Fsp3) is 0.417. The molecule has 4 heteroatoms. The number of nitrogens with one attached hydrogen (secondary N) is 1. The normalized spacial score (nSPS) is 12.0. The van der Waals surface area contributed by atoms with Crippen LogP contribution in [0.5, 0.6) is 5.75 Å². The zero-order valence-corrected chi connectivity index (χ0v) is 9.78. The summed E-state index contributed by atoms with van der Waals surface area (Å²) in [7, 11) is 1.52. The first-order valence-corrected chi connectivity index (χ1v) is 5.15. The van der Waals surface area contributed by atoms with Crippen LogP contribution < -0.4 is 10.1 Å². The van der Waals surface area contributed by atoms with Crippen LogP contribution in [-0.4, -0.2) is 30.8 Å². The Bertz CT molecular complexity index is 377. The Morgan fingerprint density at radius 2 is 2.25 bits per heavy atom. The molecule has 0 aromatic heterocycles. The van der Waals surface area contributed by atoms with Gasteiger partial charge in [-0.25, -0.2) is 0 Å². The van der Waals surface area contributed by atoms with E-state index in [0.717, 1.165) is 5.56 Å². The Labute approximate surface area is 95.2 Å². The number of rotatable bonds is 4. The molecule has 0 heterocycles. The molecule has 0 saturated heterocycles. The van der Waals surface area contributed by atoms with E-state index in [0.29, 0.717) is 11.3 Å². The van der Waals surface area contributed by atoms with Crippen molar-refractivity contribution in [3.8, 4) is 5.75 Å². The molecule has 1 atom stereocenters. The lowest BCUT2D eigenvalue weighted by molar-refractivity contribution is 0.0919. The topological polar surface area (TPSA) is 58.6 Å². The summed E-state index contributed by atoms with van der Waals surface area (Å²) in [5.74, 6) is 0.301. The second-order valence-electron chi connectivity index (χ2n) is 3.76. The molecule has 0 radical (unpaired) electrons. The van der Waals surface area contributed by atoms with Crippen LogP contribution >= 0.6 is 0 Å². The standard InChI is InChI=1S/C12H17NO3/c1-8-4-5-11(16-3)10(6-8)12(15)13-9(2)7-14/h4-6,9,14H,7H2,1-3H3,(H,13,15). The number of methoxy groups -OCH3 is 1. The van der Waals surface area contributed by atoms with Crippen molar-refractivity contribution in [2.24, 2.45) is 0 Å². The van der Waals surface area contributed by atoms with Crippen LogP contribution in [-0.2, 0) is 0 Å². The third kappa shape index (κ3) is 2.97. The summed E-state index contributed by atoms with van der Waals surface area (Å²) in [6, 6.07) is 5.13. The third-order valence-corrected chi connectivity index (χ3v) is 2.25. The molecule has 16 heavy (non-hydrogen) atoms. The van der Waals surface area contributed by atoms with Gasteiger partial charge in [0.05, 0.1) is 19.3 Å². The van der Waals surface area contributed by atoms with Gasteiger partial charge >= 0.3 is 0 Å². The lowest BCUT2D eigenvalue weighted by Gasteiger charge is -2.13. The molecule has 0 fully saturated rings. The summed E-state index contributed by atoms with van der Waals surface area (Å²) in [6.07, 6.45) is 0. The van der Waals surface area contributed by atoms with Crippen molar-refractivity contribution in [1.29, 1.82) is 0 Å². The van der Waals surface area contributed by atoms with Crippen LogP contribution in [0.25, 0.3) is 0 Å². The van der Waals surface area contributed by atoms with E-state index in [1.807, 2.05) is 13.0 Å². The monoisotopic (exact) mass is 223 g/mol. The van der Waals surface area contributed by atoms with Crippen molar-refractivity contribution < 1.29 is 14.6 Å². The zero-order chi connectivity index (χ0) is 12.1. The Hall–Kier alpha value is -1.55. The summed E-state index contributed by atoms with van der Waals surface area (Å²) in [6.45, 7) is 3.56. The smallest absolute Gasteiger partial charge is 0.255 e. The van der Waals surface area contributed by atoms with Gasteiger partial charge in [0.25, 0.3) is 5.91 Å². The molecule has 0 spiro atoms. The average molecular weight is 223 g/mol. The van der Waals surface area contributed by atoms with Crippen LogP contribution in [0.3, 0.4) is 0 Å². The Balaban J connectivity index is 2.93. The van der Waals surface area contributed by atoms with Gasteiger partial charge in [-0.15, -0.1) is 0 Å². The second-order valence-corrected chi connectivity index (χ2v) is 3.76. The number of carbonyl (C=O) groups excluding carboxylic acids is 1. The molecule has 88 valence electrons. The summed E-state index contributed by atoms with van der Waals surface area (Å²) in [5.41, 5.74) is 1.48. The van der Waals surface area contributed by atoms with Crippen LogP contribution in [0.15, 0.2) is 18.2 Å². The van der Waals surface area contributed by atoms with Crippen molar-refractivity contribution in [2.75, 3.05) is 13.7 Å². The molecule has 0 saturated carbocycles. The van der Waals surface area contributed by atoms with Crippen LogP contribution in [0.4, 0.5) is 0 Å². The predicted molar refractivity (Wildman–Crippen MR) is 61.7 cm³/mol. The summed E-state index contributed by atoms with van der Waals surface area (Å²) in [5, 5.41) is 11.5. The predicted octanol–water partition coefficient (Wildman–Crippen LogP) is 1.11. The van der Waals surface area contributed by atoms with E-state index in [1.54, 1.807) is 19.1 Å². The van der Waals surface area contributed by atoms with Crippen LogP contribution in [0.2, 0.25) is 0 Å². The van der Waals surface area contributed by atoms with Crippen molar-refractivity contribution in [3.05, 3.63) is 29.3 Å². The number of aliphatic hydroxyl groups excluding tert-OH is 1. The molecule has 1 aromatic rings. The highest BCUT2D eigenvalue weighted by atomic mass is 16.5. The van der Waals surface area contributed by atoms with E-state index < -0.39 is 0 Å². The first-order valence-electron chi connectivity index (χ1n) is 5.15. The van der Waals surface area contributed by atoms with E-state index in [4.69, 9.17) is 9.84 Å². The number of ether oxygens (including phenoxy) is 1. The van der Waals surface area contributed by atoms with Crippen molar-refractivity contribution >= 4 is 5.91 Å². The van der Waals surface area contributed by atoms with Gasteiger partial charge in [0.15, 0.2) is 0 Å². The van der Waals surface area contributed by atoms with Crippen molar-refractivity contribution in [2.45, 2.75) is 19.9 Å². The quantitative estimate of drug-likeness (QED) is 0.804. The molecule has 1 rings (SSSR count). The minimum Gasteiger partial charge on any atom is -0.496 e. The fourth-order valence-electron chi connectivity index (χ4n) is 1.35. The summed E-state index contributed by atoms with van der Waals surface area (Å²) >= 11 is 0. The fourth-order valence-corrected chi connectivity index (χ4v) is 1.35. The van der Waals surface area contributed by atoms with Crippen LogP contribution in [0, 0.1) is 6.92 Å². The summed E-state index contributed by atoms with van der Waals surface area (Å²) < 4.78 is 5.11. The third-order valence-electron chi connectivity index (χ3n) is 2.25. The Kier molecular flexibility index (Phi) is 4.31. The largest absolute Gasteiger partial charge is 0.496 e. The molecule has 1 unspecified atom stereocenters. The lowest BCUT2D eigenvalue weighted by Crippen LogP contribution is -2.35. The van der Waals surface area contributed by atoms with Gasteiger partial charge in [-0.05, 0) is 26.0 Å². The number of amides is 1. The van der Waals surface area contributed by atoms with Crippen molar-refractivity contribution in [1.82, 2.24) is 5.32 Å². The number of carbonyl (C=O) groups is 1. The highest BCUT2D eigenvalue weighted by Gasteiger charge is 2.14. The SMILES string of the molecule is COc1ccc(C)cc1C(=O)NC(C)CO. The highest BCUT2D eigenvalue weighted by Crippen LogP contribution is 2.19. The maximum Gasteiger partial charge on any atom is 0.255 e. The van der Waals surface area contributed by atoms with Gasteiger partial charge in [-0.1, -0.05) is 11.6 Å². The molecule has 2 N–H and O–H groups in total. The van der Waals surface area contributed by atoms with E-state index in [2.05, 4.69) is 5.32 Å². The van der Waals surface area contributed by atoms with E-state index in [1.165, 1.54) is 7.11 Å². The number of aliphatic hydroxyl groups is 1. The molecule has 1 amide bonds. The Morgan fingerprint density at radius 1 is 1.56 bits per heavy atom. The number of hydrogen-bond acceptors (Lipinski definition) is 3. The van der Waals surface area contributed by atoms with Gasteiger partial charge in [0.1, 0.15) is 5.75 Å². The molecule has 0 aliphatic carbocycles. The molecule has 0 aliphatic rings. The molecular formula is C12H17NO3. The molecule has 1 aromatic carbocycles. The minimum atomic E-state index is -0.266. The average Bonchev–Trinajstić information content (AvgIpc) is 2.28. The van der Waals surface area contributed by atoms with Crippen LogP contribution in [0.1, 0.15) is 22.8 Å². The van der Waals surface area contributed by atoms with Gasteiger partial charge in [0, 0.05) is 6.04 Å². The van der Waals surface area contributed by atoms with Gasteiger partial charge in [-0.3, -0.25) is 4.79 Å². The van der Waals surface area contributed by atoms with Gasteiger partial charge in [0.2, 0.25) is 0 Å². The number of benzene rings is 1. The first-order chi connectivity index (χ1) is 7.58. The molecule has 4 nitrogen and oxygen atoms in total. The maximum atomic E-state index is 11.8. The zero-order valence-electron chi connectivity index (χ0n) is 9.78. The molecule has 0 aliphatic heterocycles. The number of hydrogen-bond donors (Lipinski definition) is 2. The van der Waals surface area contributed by atoms with E-state index in [-0.39, 0.29) is 18.6 Å². The molecule has 0 bridgehead atoms. The van der Waals surface area contributed by atoms with Gasteiger partial charge < -0.3 is 15.2 Å². The lowest BCUT2D eigenvalue weighted by atomic mass is 10.1.